The van der Waals surface area contributed by atoms with E-state index in [9.17, 15) is 18.4 Å². The molecule has 1 saturated heterocycles. The summed E-state index contributed by atoms with van der Waals surface area (Å²) in [5.74, 6) is -2.27. The minimum Gasteiger partial charge on any atom is -0.301 e. The summed E-state index contributed by atoms with van der Waals surface area (Å²) >= 11 is 0.838. The second-order valence-electron chi connectivity index (χ2n) is 6.60. The van der Waals surface area contributed by atoms with Crippen molar-refractivity contribution in [2.24, 2.45) is 4.99 Å². The molecule has 0 radical (unpaired) electrons. The van der Waals surface area contributed by atoms with Crippen LogP contribution in [-0.2, 0) is 0 Å². The third-order valence-corrected chi connectivity index (χ3v) is 5.85. The number of nitrogens with zero attached hydrogens (tertiary/aromatic N) is 3. The summed E-state index contributed by atoms with van der Waals surface area (Å²) in [6, 6.07) is 3.49. The van der Waals surface area contributed by atoms with Crippen LogP contribution in [0.4, 0.5) is 8.78 Å². The molecule has 0 saturated carbocycles. The van der Waals surface area contributed by atoms with Gasteiger partial charge in [-0.05, 0) is 38.1 Å². The Bertz CT molecular complexity index is 928. The summed E-state index contributed by atoms with van der Waals surface area (Å²) < 4.78 is 28.0. The molecule has 0 spiro atoms. The molecule has 4 rings (SSSR count). The van der Waals surface area contributed by atoms with Crippen molar-refractivity contribution in [1.82, 2.24) is 9.88 Å². The number of fused-ring (bicyclic) bond motifs is 1. The first-order valence-electron chi connectivity index (χ1n) is 8.83. The van der Waals surface area contributed by atoms with E-state index in [1.165, 1.54) is 18.9 Å². The van der Waals surface area contributed by atoms with Crippen LogP contribution in [0.25, 0.3) is 10.6 Å². The topological polar surface area (TPSA) is 62.6 Å². The summed E-state index contributed by atoms with van der Waals surface area (Å²) in [6.07, 6.45) is 2.23. The molecule has 1 aliphatic heterocycles. The lowest BCUT2D eigenvalue weighted by molar-refractivity contribution is 0.0963. The number of Topliss-reactive ketones (excluding diaryl/α,β-unsaturated/α-hetero) is 2. The molecule has 2 aromatic rings. The zero-order chi connectivity index (χ0) is 19.0. The molecule has 1 aliphatic carbocycles. The molecule has 5 nitrogen and oxygen atoms in total. The van der Waals surface area contributed by atoms with Crippen molar-refractivity contribution in [3.05, 3.63) is 40.4 Å². The Kier molecular flexibility index (Phi) is 4.92. The van der Waals surface area contributed by atoms with Crippen LogP contribution in [0, 0.1) is 11.6 Å². The number of ketones is 2. The molecule has 1 fully saturated rings. The fourth-order valence-corrected chi connectivity index (χ4v) is 4.47. The van der Waals surface area contributed by atoms with Crippen LogP contribution in [0.2, 0.25) is 0 Å². The minimum atomic E-state index is -0.777. The van der Waals surface area contributed by atoms with Gasteiger partial charge in [-0.25, -0.2) is 13.8 Å². The van der Waals surface area contributed by atoms with Crippen LogP contribution >= 0.6 is 11.3 Å². The average molecular weight is 389 g/mol. The number of halogens is 2. The lowest BCUT2D eigenvalue weighted by Gasteiger charge is -2.14. The van der Waals surface area contributed by atoms with Gasteiger partial charge in [0.05, 0.1) is 24.2 Å². The van der Waals surface area contributed by atoms with Gasteiger partial charge in [0.15, 0.2) is 5.78 Å². The van der Waals surface area contributed by atoms with Crippen LogP contribution in [0.15, 0.2) is 23.2 Å². The van der Waals surface area contributed by atoms with Crippen LogP contribution in [0.5, 0.6) is 0 Å². The molecule has 0 bridgehead atoms. The molecule has 1 aromatic carbocycles. The van der Waals surface area contributed by atoms with Gasteiger partial charge in [0.25, 0.3) is 0 Å². The Labute approximate surface area is 158 Å². The van der Waals surface area contributed by atoms with Crippen LogP contribution < -0.4 is 0 Å². The summed E-state index contributed by atoms with van der Waals surface area (Å²) in [4.78, 5) is 35.9. The van der Waals surface area contributed by atoms with E-state index < -0.39 is 11.6 Å². The maximum absolute atomic E-state index is 14.0. The van der Waals surface area contributed by atoms with Crippen molar-refractivity contribution in [3.63, 3.8) is 0 Å². The minimum absolute atomic E-state index is 0.00406. The van der Waals surface area contributed by atoms with Gasteiger partial charge in [-0.2, -0.15) is 0 Å². The molecule has 0 unspecified atom stereocenters. The predicted octanol–water partition coefficient (Wildman–Crippen LogP) is 3.39. The van der Waals surface area contributed by atoms with Crippen molar-refractivity contribution in [1.29, 1.82) is 0 Å². The molecule has 27 heavy (non-hydrogen) atoms. The number of aromatic nitrogens is 1. The summed E-state index contributed by atoms with van der Waals surface area (Å²) in [5, 5.41) is -0.00406. The number of carbonyl (C=O) groups excluding carboxylic acids is 2. The highest BCUT2D eigenvalue weighted by Crippen LogP contribution is 2.34. The monoisotopic (exact) mass is 389 g/mol. The van der Waals surface area contributed by atoms with E-state index in [1.807, 2.05) is 0 Å². The largest absolute Gasteiger partial charge is 0.301 e. The molecule has 1 aromatic heterocycles. The van der Waals surface area contributed by atoms with Crippen molar-refractivity contribution < 1.29 is 18.4 Å². The van der Waals surface area contributed by atoms with Gasteiger partial charge in [-0.15, -0.1) is 11.3 Å². The number of hydrogen-bond acceptors (Lipinski definition) is 6. The summed E-state index contributed by atoms with van der Waals surface area (Å²) in [7, 11) is 0. The van der Waals surface area contributed by atoms with E-state index in [-0.39, 0.29) is 44.8 Å². The predicted molar refractivity (Wildman–Crippen MR) is 98.7 cm³/mol. The highest BCUT2D eigenvalue weighted by atomic mass is 32.1. The number of thiazole rings is 1. The molecule has 8 heteroatoms. The van der Waals surface area contributed by atoms with Crippen molar-refractivity contribution in [3.8, 4) is 10.6 Å². The molecule has 2 heterocycles. The molecule has 0 amide bonds. The van der Waals surface area contributed by atoms with Gasteiger partial charge < -0.3 is 4.90 Å². The van der Waals surface area contributed by atoms with Gasteiger partial charge in [0.1, 0.15) is 27.2 Å². The fourth-order valence-electron chi connectivity index (χ4n) is 3.38. The Balaban J connectivity index is 1.60. The van der Waals surface area contributed by atoms with Crippen LogP contribution in [0.3, 0.4) is 0 Å². The number of likely N-dealkylation sites (tertiary alicyclic amines) is 1. The Morgan fingerprint density at radius 3 is 2.56 bits per heavy atom. The molecule has 140 valence electrons. The molecular weight excluding hydrogens is 372 g/mol. The highest BCUT2D eigenvalue weighted by molar-refractivity contribution is 7.18. The van der Waals surface area contributed by atoms with E-state index in [0.29, 0.717) is 6.54 Å². The number of hydrogen-bond donors (Lipinski definition) is 0. The van der Waals surface area contributed by atoms with Gasteiger partial charge in [0.2, 0.25) is 5.78 Å². The maximum Gasteiger partial charge on any atom is 0.219 e. The first-order valence-corrected chi connectivity index (χ1v) is 9.65. The van der Waals surface area contributed by atoms with Crippen LogP contribution in [-0.4, -0.2) is 53.3 Å². The second-order valence-corrected chi connectivity index (χ2v) is 7.60. The van der Waals surface area contributed by atoms with E-state index >= 15 is 0 Å². The molecule has 2 aliphatic rings. The van der Waals surface area contributed by atoms with Gasteiger partial charge >= 0.3 is 0 Å². The normalized spacial score (nSPS) is 19.1. The Hall–Kier alpha value is -2.32. The second kappa shape index (κ2) is 7.36. The van der Waals surface area contributed by atoms with E-state index in [1.54, 1.807) is 0 Å². The van der Waals surface area contributed by atoms with Crippen LogP contribution in [0.1, 0.15) is 39.4 Å². The number of aliphatic imine (C=N–C) groups is 1. The van der Waals surface area contributed by atoms with E-state index in [0.717, 1.165) is 43.1 Å². The first kappa shape index (κ1) is 18.1. The van der Waals surface area contributed by atoms with Crippen molar-refractivity contribution in [2.75, 3.05) is 26.2 Å². The Morgan fingerprint density at radius 2 is 1.85 bits per heavy atom. The van der Waals surface area contributed by atoms with E-state index in [4.69, 9.17) is 0 Å². The zero-order valence-electron chi connectivity index (χ0n) is 14.5. The standard InChI is InChI=1S/C19H17F2N3O2S/c20-11-4-3-5-12(21)15(11)19-23-16-14(25)10-13(17(26)18(16)27-19)22-6-9-24-7-1-2-8-24/h3-5H,1-2,6-10H2. The number of carbonyl (C=O) groups is 2. The van der Waals surface area contributed by atoms with Crippen molar-refractivity contribution >= 4 is 28.6 Å². The summed E-state index contributed by atoms with van der Waals surface area (Å²) in [5.41, 5.74) is -0.123. The quantitative estimate of drug-likeness (QED) is 0.804. The smallest absolute Gasteiger partial charge is 0.219 e. The molecule has 0 N–H and O–H groups in total. The summed E-state index contributed by atoms with van der Waals surface area (Å²) in [6.45, 7) is 3.28. The average Bonchev–Trinajstić information content (AvgIpc) is 3.29. The lowest BCUT2D eigenvalue weighted by atomic mass is 9.98. The number of rotatable bonds is 4. The Morgan fingerprint density at radius 1 is 1.15 bits per heavy atom. The van der Waals surface area contributed by atoms with Gasteiger partial charge in [-0.1, -0.05) is 6.07 Å². The fraction of sp³-hybridized carbons (Fsp3) is 0.368. The SMILES string of the molecule is O=C1CC(=NCCN2CCCC2)C(=O)c2sc(-c3c(F)cccc3F)nc21. The third-order valence-electron chi connectivity index (χ3n) is 4.78. The number of benzene rings is 1. The lowest BCUT2D eigenvalue weighted by Crippen LogP contribution is -2.28. The highest BCUT2D eigenvalue weighted by Gasteiger charge is 2.34. The van der Waals surface area contributed by atoms with Gasteiger partial charge in [-0.3, -0.25) is 14.6 Å². The molecular formula is C19H17F2N3O2S. The third kappa shape index (κ3) is 3.46. The van der Waals surface area contributed by atoms with E-state index in [2.05, 4.69) is 14.9 Å². The molecule has 0 atom stereocenters. The maximum atomic E-state index is 14.0. The van der Waals surface area contributed by atoms with Gasteiger partial charge in [0, 0.05) is 6.54 Å². The van der Waals surface area contributed by atoms with Crippen molar-refractivity contribution in [2.45, 2.75) is 19.3 Å². The first-order chi connectivity index (χ1) is 13.0. The zero-order valence-corrected chi connectivity index (χ0v) is 15.3.